The quantitative estimate of drug-likeness (QED) is 0.439. The van der Waals surface area contributed by atoms with Crippen molar-refractivity contribution in [3.8, 4) is 0 Å². The lowest BCUT2D eigenvalue weighted by Gasteiger charge is -2.59. The average molecular weight is 348 g/mol. The van der Waals surface area contributed by atoms with Crippen molar-refractivity contribution >= 4 is 5.97 Å². The molecule has 0 radical (unpaired) electrons. The normalized spacial score (nSPS) is 45.0. The molecule has 4 fully saturated rings. The Balaban J connectivity index is 1.62. The van der Waals surface area contributed by atoms with Gasteiger partial charge in [0.1, 0.15) is 6.10 Å². The van der Waals surface area contributed by atoms with Crippen LogP contribution in [0.1, 0.15) is 59.3 Å². The summed E-state index contributed by atoms with van der Waals surface area (Å²) in [5, 5.41) is 0. The predicted molar refractivity (Wildman–Crippen MR) is 95.1 cm³/mol. The molecule has 5 atom stereocenters. The summed E-state index contributed by atoms with van der Waals surface area (Å²) in [6.07, 6.45) is 9.29. The number of epoxide rings is 2. The molecule has 2 aliphatic heterocycles. The fraction of sp³-hybridized carbons (Fsp3) is 0.857. The molecule has 4 nitrogen and oxygen atoms in total. The maximum Gasteiger partial charge on any atom is 0.336 e. The van der Waals surface area contributed by atoms with E-state index in [1.54, 1.807) is 0 Å². The lowest BCUT2D eigenvalue weighted by Crippen LogP contribution is -2.54. The van der Waals surface area contributed by atoms with Gasteiger partial charge in [-0.1, -0.05) is 33.3 Å². The van der Waals surface area contributed by atoms with E-state index in [0.29, 0.717) is 28.9 Å². The van der Waals surface area contributed by atoms with E-state index < -0.39 is 0 Å². The highest BCUT2D eigenvalue weighted by molar-refractivity contribution is 5.90. The van der Waals surface area contributed by atoms with Crippen LogP contribution in [0.4, 0.5) is 0 Å². The second kappa shape index (κ2) is 5.82. The highest BCUT2D eigenvalue weighted by Crippen LogP contribution is 2.66. The largest absolute Gasteiger partial charge is 0.466 e. The van der Waals surface area contributed by atoms with Gasteiger partial charge in [0.2, 0.25) is 0 Å². The summed E-state index contributed by atoms with van der Waals surface area (Å²) in [6, 6.07) is 0. The lowest BCUT2D eigenvalue weighted by molar-refractivity contribution is -0.136. The molecule has 0 aromatic heterocycles. The second-order valence-corrected chi connectivity index (χ2v) is 9.55. The zero-order chi connectivity index (χ0) is 17.9. The van der Waals surface area contributed by atoms with Gasteiger partial charge in [-0.2, -0.15) is 0 Å². The Bertz CT molecular complexity index is 585. The molecule has 4 rings (SSSR count). The van der Waals surface area contributed by atoms with E-state index >= 15 is 0 Å². The number of allylic oxidation sites excluding steroid dienone is 1. The van der Waals surface area contributed by atoms with E-state index in [0.717, 1.165) is 18.9 Å². The van der Waals surface area contributed by atoms with Gasteiger partial charge in [0.05, 0.1) is 31.5 Å². The topological polar surface area (TPSA) is 51.4 Å². The summed E-state index contributed by atoms with van der Waals surface area (Å²) in [6.45, 7) is 8.92. The van der Waals surface area contributed by atoms with E-state index in [9.17, 15) is 4.79 Å². The van der Waals surface area contributed by atoms with Crippen LogP contribution in [-0.2, 0) is 19.0 Å². The van der Waals surface area contributed by atoms with E-state index in [1.807, 2.05) is 0 Å². The first kappa shape index (κ1) is 17.5. The average Bonchev–Trinajstić information content (AvgIpc) is 3.45. The van der Waals surface area contributed by atoms with Crippen molar-refractivity contribution in [3.63, 3.8) is 0 Å². The van der Waals surface area contributed by atoms with Crippen LogP contribution >= 0.6 is 0 Å². The molecule has 2 aliphatic carbocycles. The predicted octanol–water partition coefficient (Wildman–Crippen LogP) is 3.89. The number of fused-ring (bicyclic) bond motifs is 1. The zero-order valence-corrected chi connectivity index (χ0v) is 16.1. The molecule has 4 aliphatic rings. The third kappa shape index (κ3) is 2.86. The Morgan fingerprint density at radius 3 is 2.56 bits per heavy atom. The van der Waals surface area contributed by atoms with Gasteiger partial charge < -0.3 is 14.2 Å². The van der Waals surface area contributed by atoms with Crippen LogP contribution in [-0.4, -0.2) is 38.0 Å². The molecule has 0 amide bonds. The van der Waals surface area contributed by atoms with Crippen molar-refractivity contribution in [3.05, 3.63) is 11.6 Å². The number of methoxy groups -OCH3 is 1. The summed E-state index contributed by atoms with van der Waals surface area (Å²) in [5.41, 5.74) is 1.45. The van der Waals surface area contributed by atoms with Crippen LogP contribution in [0.2, 0.25) is 0 Å². The van der Waals surface area contributed by atoms with Crippen molar-refractivity contribution in [2.24, 2.45) is 22.7 Å². The Morgan fingerprint density at radius 1 is 1.24 bits per heavy atom. The molecule has 1 spiro atoms. The molecule has 140 valence electrons. The summed E-state index contributed by atoms with van der Waals surface area (Å²) < 4.78 is 16.4. The molecule has 2 heterocycles. The monoisotopic (exact) mass is 348 g/mol. The van der Waals surface area contributed by atoms with Gasteiger partial charge in [0, 0.05) is 0 Å². The molecule has 2 saturated heterocycles. The Labute approximate surface area is 151 Å². The van der Waals surface area contributed by atoms with Crippen molar-refractivity contribution < 1.29 is 19.0 Å². The van der Waals surface area contributed by atoms with Gasteiger partial charge in [-0.3, -0.25) is 0 Å². The van der Waals surface area contributed by atoms with Gasteiger partial charge in [-0.15, -0.1) is 0 Å². The maximum atomic E-state index is 12.1. The fourth-order valence-electron chi connectivity index (χ4n) is 6.33. The Hall–Kier alpha value is -0.870. The Kier molecular flexibility index (Phi) is 4.08. The maximum absolute atomic E-state index is 12.1. The van der Waals surface area contributed by atoms with E-state index in [2.05, 4.69) is 26.8 Å². The van der Waals surface area contributed by atoms with Crippen LogP contribution in [0.5, 0.6) is 0 Å². The molecule has 4 heteroatoms. The standard InChI is InChI=1S/C21H32O4/c1-19(2)9-5-10-20(3)16(19)8-11-21(13-25-21)17(20)7-6-14(15-12-24-15)18(22)23-4/h6,15-17H,5,7-13H2,1-4H3/b14-6-/t15-,16+,17+,20+,21+/m1/s1. The number of hydrogen-bond donors (Lipinski definition) is 0. The van der Waals surface area contributed by atoms with Crippen LogP contribution in [0.25, 0.3) is 0 Å². The van der Waals surface area contributed by atoms with Gasteiger partial charge in [0.25, 0.3) is 0 Å². The van der Waals surface area contributed by atoms with Gasteiger partial charge in [-0.05, 0) is 54.8 Å². The minimum Gasteiger partial charge on any atom is -0.466 e. The molecule has 0 aromatic rings. The SMILES string of the molecule is COC(=O)/C(=C\C[C@@H]1[C@]2(CC[C@H]3C(C)(C)CCC[C@]13C)CO2)[C@H]1CO1. The molecule has 0 unspecified atom stereocenters. The van der Waals surface area contributed by atoms with Crippen molar-refractivity contribution in [1.82, 2.24) is 0 Å². The molecule has 0 bridgehead atoms. The van der Waals surface area contributed by atoms with Crippen LogP contribution in [0.15, 0.2) is 11.6 Å². The number of esters is 1. The number of carbonyl (C=O) groups excluding carboxylic acids is 1. The smallest absolute Gasteiger partial charge is 0.336 e. The van der Waals surface area contributed by atoms with E-state index in [-0.39, 0.29) is 17.7 Å². The molecular formula is C21H32O4. The number of hydrogen-bond acceptors (Lipinski definition) is 4. The molecule has 0 aromatic carbocycles. The second-order valence-electron chi connectivity index (χ2n) is 9.55. The first-order valence-corrected chi connectivity index (χ1v) is 9.86. The van der Waals surface area contributed by atoms with Crippen LogP contribution in [0.3, 0.4) is 0 Å². The summed E-state index contributed by atoms with van der Waals surface area (Å²) in [5.74, 6) is 0.979. The number of carbonyl (C=O) groups is 1. The summed E-state index contributed by atoms with van der Waals surface area (Å²) in [4.78, 5) is 12.1. The zero-order valence-electron chi connectivity index (χ0n) is 16.1. The Morgan fingerprint density at radius 2 is 1.96 bits per heavy atom. The fourth-order valence-corrected chi connectivity index (χ4v) is 6.33. The summed E-state index contributed by atoms with van der Waals surface area (Å²) in [7, 11) is 1.45. The van der Waals surface area contributed by atoms with Crippen molar-refractivity contribution in [2.75, 3.05) is 20.3 Å². The highest BCUT2D eigenvalue weighted by Gasteiger charge is 2.64. The summed E-state index contributed by atoms with van der Waals surface area (Å²) >= 11 is 0. The first-order valence-electron chi connectivity index (χ1n) is 9.86. The minimum atomic E-state index is -0.241. The van der Waals surface area contributed by atoms with Crippen LogP contribution in [0, 0.1) is 22.7 Å². The third-order valence-corrected chi connectivity index (χ3v) is 7.75. The number of rotatable bonds is 4. The van der Waals surface area contributed by atoms with Crippen molar-refractivity contribution in [2.45, 2.75) is 71.0 Å². The molecule has 2 saturated carbocycles. The lowest BCUT2D eigenvalue weighted by atomic mass is 9.46. The molecule has 25 heavy (non-hydrogen) atoms. The number of ether oxygens (including phenoxy) is 3. The van der Waals surface area contributed by atoms with E-state index in [1.165, 1.54) is 39.2 Å². The van der Waals surface area contributed by atoms with Crippen LogP contribution < -0.4 is 0 Å². The first-order chi connectivity index (χ1) is 11.8. The van der Waals surface area contributed by atoms with Gasteiger partial charge in [0.15, 0.2) is 0 Å². The van der Waals surface area contributed by atoms with E-state index in [4.69, 9.17) is 14.2 Å². The van der Waals surface area contributed by atoms with Crippen molar-refractivity contribution in [1.29, 1.82) is 0 Å². The molecule has 0 N–H and O–H groups in total. The third-order valence-electron chi connectivity index (χ3n) is 7.75. The minimum absolute atomic E-state index is 0.0564. The molecular weight excluding hydrogens is 316 g/mol. The van der Waals surface area contributed by atoms with Gasteiger partial charge >= 0.3 is 5.97 Å². The highest BCUT2D eigenvalue weighted by atomic mass is 16.6. The van der Waals surface area contributed by atoms with Gasteiger partial charge in [-0.25, -0.2) is 4.79 Å².